The minimum atomic E-state index is -1.55. The molecule has 17 heteroatoms. The Kier molecular flexibility index (Phi) is 11.3. The zero-order valence-corrected chi connectivity index (χ0v) is 28.4. The highest BCUT2D eigenvalue weighted by molar-refractivity contribution is 5.89. The third-order valence-electron chi connectivity index (χ3n) is 8.83. The Morgan fingerprint density at radius 1 is 0.740 bits per heavy atom. The van der Waals surface area contributed by atoms with Crippen LogP contribution in [0.25, 0.3) is 0 Å². The van der Waals surface area contributed by atoms with Crippen LogP contribution in [0, 0.1) is 11.8 Å². The van der Waals surface area contributed by atoms with E-state index in [2.05, 4.69) is 0 Å². The van der Waals surface area contributed by atoms with Gasteiger partial charge in [-0.3, -0.25) is 24.0 Å². The van der Waals surface area contributed by atoms with Gasteiger partial charge in [0.15, 0.2) is 24.6 Å². The normalized spacial score (nSPS) is 33.8. The summed E-state index contributed by atoms with van der Waals surface area (Å²) in [6.07, 6.45) is -9.47. The smallest absolute Gasteiger partial charge is 0.338 e. The van der Waals surface area contributed by atoms with E-state index < -0.39 is 109 Å². The number of carbonyl (C=O) groups excluding carboxylic acids is 6. The van der Waals surface area contributed by atoms with Crippen molar-refractivity contribution < 1.29 is 80.9 Å². The minimum absolute atomic E-state index is 0.129. The molecular weight excluding hydrogens is 668 g/mol. The number of esters is 6. The summed E-state index contributed by atoms with van der Waals surface area (Å²) in [5, 5.41) is 0. The van der Waals surface area contributed by atoms with Crippen LogP contribution < -0.4 is 4.74 Å². The van der Waals surface area contributed by atoms with Crippen LogP contribution in [-0.4, -0.2) is 118 Å². The molecule has 1 saturated carbocycles. The molecule has 0 amide bonds. The van der Waals surface area contributed by atoms with E-state index in [0.29, 0.717) is 12.2 Å². The first-order valence-corrected chi connectivity index (χ1v) is 16.0. The first-order chi connectivity index (χ1) is 23.7. The highest BCUT2D eigenvalue weighted by Crippen LogP contribution is 2.61. The zero-order valence-electron chi connectivity index (χ0n) is 28.4. The maximum atomic E-state index is 13.3. The SMILES string of the molecule is COc1ccc(C(=O)OC2C3CCOC(OC4OC(COC(C)=O)C(OC(C)=O)C(OC(C)=O)C4OC(C)=O)C3C3(COC(C)=O)OC23)cc1. The molecule has 0 N–H and O–H groups in total. The van der Waals surface area contributed by atoms with Gasteiger partial charge in [0.05, 0.1) is 25.2 Å². The van der Waals surface area contributed by atoms with E-state index in [-0.39, 0.29) is 18.8 Å². The molecule has 1 aliphatic carbocycles. The number of benzene rings is 1. The minimum Gasteiger partial charge on any atom is -0.497 e. The van der Waals surface area contributed by atoms with Crippen molar-refractivity contribution in [2.24, 2.45) is 11.8 Å². The summed E-state index contributed by atoms with van der Waals surface area (Å²) in [5.74, 6) is -4.85. The van der Waals surface area contributed by atoms with Crippen molar-refractivity contribution >= 4 is 35.8 Å². The molecule has 4 fully saturated rings. The molecule has 0 aromatic heterocycles. The molecule has 17 nitrogen and oxygen atoms in total. The van der Waals surface area contributed by atoms with E-state index in [1.54, 1.807) is 24.3 Å². The van der Waals surface area contributed by atoms with E-state index in [0.717, 1.165) is 27.7 Å². The lowest BCUT2D eigenvalue weighted by atomic mass is 9.83. The van der Waals surface area contributed by atoms with Gasteiger partial charge < -0.3 is 52.1 Å². The Labute approximate surface area is 286 Å². The number of hydrogen-bond donors (Lipinski definition) is 0. The number of epoxide rings is 1. The average Bonchev–Trinajstić information content (AvgIpc) is 3.72. The summed E-state index contributed by atoms with van der Waals surface area (Å²) >= 11 is 0. The lowest BCUT2D eigenvalue weighted by Gasteiger charge is -2.46. The van der Waals surface area contributed by atoms with Crippen molar-refractivity contribution in [2.45, 2.75) is 95.8 Å². The molecule has 1 aromatic rings. The maximum absolute atomic E-state index is 13.3. The summed E-state index contributed by atoms with van der Waals surface area (Å²) in [7, 11) is 1.50. The number of hydrogen-bond acceptors (Lipinski definition) is 17. The molecule has 0 bridgehead atoms. The summed E-state index contributed by atoms with van der Waals surface area (Å²) < 4.78 is 62.9. The fraction of sp³-hybridized carbons (Fsp3) is 0.636. The van der Waals surface area contributed by atoms with Crippen LogP contribution in [-0.2, 0) is 71.3 Å². The van der Waals surface area contributed by atoms with E-state index in [1.807, 2.05) is 0 Å². The highest BCUT2D eigenvalue weighted by atomic mass is 16.8. The van der Waals surface area contributed by atoms with Crippen LogP contribution in [0.4, 0.5) is 0 Å². The third kappa shape index (κ3) is 8.01. The lowest BCUT2D eigenvalue weighted by Crippen LogP contribution is -2.64. The van der Waals surface area contributed by atoms with Crippen molar-refractivity contribution in [1.29, 1.82) is 0 Å². The number of ether oxygens (including phenoxy) is 11. The van der Waals surface area contributed by atoms with Crippen molar-refractivity contribution in [3.8, 4) is 5.75 Å². The van der Waals surface area contributed by atoms with Crippen LogP contribution in [0.5, 0.6) is 5.75 Å². The second-order valence-corrected chi connectivity index (χ2v) is 12.3. The highest BCUT2D eigenvalue weighted by Gasteiger charge is 2.78. The molecule has 274 valence electrons. The lowest BCUT2D eigenvalue weighted by molar-refractivity contribution is -0.357. The monoisotopic (exact) mass is 708 g/mol. The molecule has 5 rings (SSSR count). The van der Waals surface area contributed by atoms with Gasteiger partial charge in [-0.15, -0.1) is 0 Å². The quantitative estimate of drug-likeness (QED) is 0.169. The first kappa shape index (κ1) is 36.9. The van der Waals surface area contributed by atoms with E-state index in [1.165, 1.54) is 14.0 Å². The molecule has 3 aliphatic heterocycles. The van der Waals surface area contributed by atoms with Gasteiger partial charge in [0, 0.05) is 40.5 Å². The van der Waals surface area contributed by atoms with Gasteiger partial charge in [-0.25, -0.2) is 4.79 Å². The molecule has 0 radical (unpaired) electrons. The van der Waals surface area contributed by atoms with Crippen molar-refractivity contribution in [3.63, 3.8) is 0 Å². The van der Waals surface area contributed by atoms with Crippen molar-refractivity contribution in [1.82, 2.24) is 0 Å². The Morgan fingerprint density at radius 3 is 1.96 bits per heavy atom. The molecule has 1 aromatic carbocycles. The predicted molar refractivity (Wildman–Crippen MR) is 161 cm³/mol. The molecule has 11 atom stereocenters. The van der Waals surface area contributed by atoms with E-state index in [4.69, 9.17) is 52.1 Å². The van der Waals surface area contributed by atoms with E-state index in [9.17, 15) is 28.8 Å². The first-order valence-electron chi connectivity index (χ1n) is 16.0. The Balaban J connectivity index is 1.46. The van der Waals surface area contributed by atoms with Gasteiger partial charge in [0.1, 0.15) is 42.9 Å². The summed E-state index contributed by atoms with van der Waals surface area (Å²) in [4.78, 5) is 73.7. The largest absolute Gasteiger partial charge is 0.497 e. The number of fused-ring (bicyclic) bond motifs is 3. The molecule has 3 heterocycles. The predicted octanol–water partition coefficient (Wildman–Crippen LogP) is 1.01. The van der Waals surface area contributed by atoms with Crippen molar-refractivity contribution in [3.05, 3.63) is 29.8 Å². The number of methoxy groups -OCH3 is 1. The van der Waals surface area contributed by atoms with Crippen LogP contribution in [0.3, 0.4) is 0 Å². The Hall–Kier alpha value is -4.32. The number of carbonyl (C=O) groups is 6. The van der Waals surface area contributed by atoms with Crippen LogP contribution >= 0.6 is 0 Å². The zero-order chi connectivity index (χ0) is 36.3. The van der Waals surface area contributed by atoms with Gasteiger partial charge in [-0.1, -0.05) is 0 Å². The van der Waals surface area contributed by atoms with Gasteiger partial charge in [0.25, 0.3) is 0 Å². The molecule has 4 aliphatic rings. The van der Waals surface area contributed by atoms with Gasteiger partial charge >= 0.3 is 35.8 Å². The van der Waals surface area contributed by atoms with E-state index >= 15 is 0 Å². The van der Waals surface area contributed by atoms with Crippen molar-refractivity contribution in [2.75, 3.05) is 26.9 Å². The van der Waals surface area contributed by atoms with Gasteiger partial charge in [-0.2, -0.15) is 0 Å². The molecule has 3 saturated heterocycles. The topological polar surface area (TPSA) is 207 Å². The molecule has 11 unspecified atom stereocenters. The Morgan fingerprint density at radius 2 is 1.36 bits per heavy atom. The van der Waals surface area contributed by atoms with Gasteiger partial charge in [-0.05, 0) is 30.7 Å². The second kappa shape index (κ2) is 15.3. The summed E-state index contributed by atoms with van der Waals surface area (Å²) in [6, 6.07) is 6.37. The van der Waals surface area contributed by atoms with Gasteiger partial charge in [0.2, 0.25) is 6.29 Å². The fourth-order valence-corrected chi connectivity index (χ4v) is 6.86. The van der Waals surface area contributed by atoms with Crippen LogP contribution in [0.2, 0.25) is 0 Å². The standard InChI is InChI=1S/C33H40O17/c1-15(34)42-13-23-26(44-17(3)36)27(45-18(4)37)28(46-19(5)38)32(47-23)49-31-24-22(11-12-41-31)25(29-33(24,50-29)14-43-16(2)35)48-30(39)20-7-9-21(40-6)10-8-20/h7-10,22-29,31-32H,11-14H2,1-6H3. The summed E-state index contributed by atoms with van der Waals surface area (Å²) in [6.45, 7) is 5.18. The van der Waals surface area contributed by atoms with Crippen LogP contribution in [0.1, 0.15) is 51.4 Å². The molecule has 0 spiro atoms. The maximum Gasteiger partial charge on any atom is 0.338 e. The Bertz CT molecular complexity index is 1460. The fourth-order valence-electron chi connectivity index (χ4n) is 6.86. The van der Waals surface area contributed by atoms with Crippen LogP contribution in [0.15, 0.2) is 24.3 Å². The average molecular weight is 709 g/mol. The molecular formula is C33H40O17. The molecule has 50 heavy (non-hydrogen) atoms. The third-order valence-corrected chi connectivity index (χ3v) is 8.83. The number of rotatable bonds is 12. The second-order valence-electron chi connectivity index (χ2n) is 12.3. The summed E-state index contributed by atoms with van der Waals surface area (Å²) in [5.41, 5.74) is -0.914.